The summed E-state index contributed by atoms with van der Waals surface area (Å²) in [7, 11) is 0. The Hall–Kier alpha value is -3.34. The molecule has 0 aliphatic heterocycles. The molecule has 114 valence electrons. The molecular weight excluding hydrogens is 292 g/mol. The Morgan fingerprint density at radius 2 is 1.61 bits per heavy atom. The Labute approximate surface area is 133 Å². The highest BCUT2D eigenvalue weighted by Crippen LogP contribution is 2.30. The topological polar surface area (TPSA) is 74.4 Å². The van der Waals surface area contributed by atoms with Crippen LogP contribution in [0.3, 0.4) is 0 Å². The van der Waals surface area contributed by atoms with Gasteiger partial charge in [-0.3, -0.25) is 0 Å². The highest BCUT2D eigenvalue weighted by molar-refractivity contribution is 5.74. The summed E-state index contributed by atoms with van der Waals surface area (Å²) in [5, 5.41) is 0. The Morgan fingerprint density at radius 1 is 0.870 bits per heavy atom. The van der Waals surface area contributed by atoms with E-state index < -0.39 is 6.09 Å². The van der Waals surface area contributed by atoms with E-state index in [4.69, 9.17) is 15.2 Å². The molecular formula is C18H14N2O3. The van der Waals surface area contributed by atoms with Crippen LogP contribution in [0.4, 0.5) is 4.79 Å². The zero-order chi connectivity index (χ0) is 16.1. The summed E-state index contributed by atoms with van der Waals surface area (Å²) in [4.78, 5) is 15.5. The first-order valence-corrected chi connectivity index (χ1v) is 6.99. The molecule has 1 amide bonds. The maximum Gasteiger partial charge on any atom is 0.409 e. The molecule has 0 unspecified atom stereocenters. The maximum atomic E-state index is 11.0. The third kappa shape index (κ3) is 3.65. The first-order chi connectivity index (χ1) is 11.2. The van der Waals surface area contributed by atoms with Gasteiger partial charge in [0.15, 0.2) is 0 Å². The lowest BCUT2D eigenvalue weighted by Gasteiger charge is -2.10. The number of benzene rings is 2. The summed E-state index contributed by atoms with van der Waals surface area (Å²) in [6, 6.07) is 21.8. The number of rotatable bonds is 4. The summed E-state index contributed by atoms with van der Waals surface area (Å²) >= 11 is 0. The minimum Gasteiger partial charge on any atom is -0.439 e. The molecule has 0 aliphatic rings. The van der Waals surface area contributed by atoms with Crippen molar-refractivity contribution in [3.05, 3.63) is 72.8 Å². The van der Waals surface area contributed by atoms with Crippen LogP contribution >= 0.6 is 0 Å². The van der Waals surface area contributed by atoms with E-state index >= 15 is 0 Å². The van der Waals surface area contributed by atoms with E-state index in [1.165, 1.54) is 0 Å². The van der Waals surface area contributed by atoms with E-state index in [1.807, 2.05) is 42.5 Å². The van der Waals surface area contributed by atoms with Crippen molar-refractivity contribution in [3.8, 4) is 28.6 Å². The van der Waals surface area contributed by atoms with Crippen LogP contribution in [0.15, 0.2) is 72.8 Å². The monoisotopic (exact) mass is 306 g/mol. The van der Waals surface area contributed by atoms with E-state index in [9.17, 15) is 4.79 Å². The van der Waals surface area contributed by atoms with Crippen LogP contribution in [0, 0.1) is 0 Å². The number of ether oxygens (including phenoxy) is 2. The van der Waals surface area contributed by atoms with Crippen LogP contribution in [0.25, 0.3) is 11.3 Å². The summed E-state index contributed by atoms with van der Waals surface area (Å²) in [5.41, 5.74) is 6.38. The molecule has 0 bridgehead atoms. The lowest BCUT2D eigenvalue weighted by atomic mass is 10.1. The molecule has 0 radical (unpaired) electrons. The van der Waals surface area contributed by atoms with Gasteiger partial charge in [0.1, 0.15) is 11.5 Å². The number of primary amides is 1. The van der Waals surface area contributed by atoms with Crippen LogP contribution in [0.2, 0.25) is 0 Å². The van der Waals surface area contributed by atoms with Crippen LogP contribution in [0.5, 0.6) is 17.4 Å². The van der Waals surface area contributed by atoms with Crippen molar-refractivity contribution < 1.29 is 14.3 Å². The number of nitrogens with two attached hydrogens (primary N) is 1. The van der Waals surface area contributed by atoms with Gasteiger partial charge in [-0.25, -0.2) is 9.78 Å². The molecule has 3 aromatic rings. The fourth-order valence-corrected chi connectivity index (χ4v) is 2.11. The molecule has 0 saturated carbocycles. The first-order valence-electron chi connectivity index (χ1n) is 6.99. The van der Waals surface area contributed by atoms with Crippen molar-refractivity contribution in [1.82, 2.24) is 4.98 Å². The number of pyridine rings is 1. The number of hydrogen-bond donors (Lipinski definition) is 1. The number of carbonyl (C=O) groups excluding carboxylic acids is 1. The molecule has 3 rings (SSSR count). The average molecular weight is 306 g/mol. The van der Waals surface area contributed by atoms with Gasteiger partial charge < -0.3 is 15.2 Å². The normalized spacial score (nSPS) is 10.1. The SMILES string of the molecule is NC(=O)Oc1ccccc1-c1cccc(Oc2ccccc2)n1. The van der Waals surface area contributed by atoms with Crippen molar-refractivity contribution in [2.75, 3.05) is 0 Å². The van der Waals surface area contributed by atoms with Gasteiger partial charge in [0.2, 0.25) is 5.88 Å². The van der Waals surface area contributed by atoms with E-state index in [0.29, 0.717) is 28.6 Å². The first kappa shape index (κ1) is 14.6. The van der Waals surface area contributed by atoms with E-state index in [-0.39, 0.29) is 0 Å². The summed E-state index contributed by atoms with van der Waals surface area (Å²) < 4.78 is 10.7. The van der Waals surface area contributed by atoms with Gasteiger partial charge in [-0.05, 0) is 30.3 Å². The number of hydrogen-bond acceptors (Lipinski definition) is 4. The molecule has 0 fully saturated rings. The zero-order valence-electron chi connectivity index (χ0n) is 12.2. The van der Waals surface area contributed by atoms with Crippen molar-refractivity contribution in [2.24, 2.45) is 5.73 Å². The summed E-state index contributed by atoms with van der Waals surface area (Å²) in [5.74, 6) is 1.49. The lowest BCUT2D eigenvalue weighted by molar-refractivity contribution is 0.211. The lowest BCUT2D eigenvalue weighted by Crippen LogP contribution is -2.16. The molecule has 0 atom stereocenters. The second-order valence-corrected chi connectivity index (χ2v) is 4.69. The molecule has 1 aromatic heterocycles. The number of nitrogens with zero attached hydrogens (tertiary/aromatic N) is 1. The van der Waals surface area contributed by atoms with Gasteiger partial charge in [0.25, 0.3) is 0 Å². The van der Waals surface area contributed by atoms with Crippen molar-refractivity contribution in [2.45, 2.75) is 0 Å². The molecule has 1 heterocycles. The average Bonchev–Trinajstić information content (AvgIpc) is 2.56. The maximum absolute atomic E-state index is 11.0. The Kier molecular flexibility index (Phi) is 4.20. The van der Waals surface area contributed by atoms with Crippen LogP contribution in [-0.4, -0.2) is 11.1 Å². The predicted molar refractivity (Wildman–Crippen MR) is 86.4 cm³/mol. The highest BCUT2D eigenvalue weighted by Gasteiger charge is 2.10. The Balaban J connectivity index is 1.92. The molecule has 23 heavy (non-hydrogen) atoms. The summed E-state index contributed by atoms with van der Waals surface area (Å²) in [6.45, 7) is 0. The predicted octanol–water partition coefficient (Wildman–Crippen LogP) is 4.00. The Bertz CT molecular complexity index is 819. The summed E-state index contributed by atoms with van der Waals surface area (Å²) in [6.07, 6.45) is -0.867. The van der Waals surface area contributed by atoms with Gasteiger partial charge in [0.05, 0.1) is 5.69 Å². The second-order valence-electron chi connectivity index (χ2n) is 4.69. The van der Waals surface area contributed by atoms with E-state index in [1.54, 1.807) is 30.3 Å². The highest BCUT2D eigenvalue weighted by atomic mass is 16.5. The molecule has 0 spiro atoms. The molecule has 0 saturated heterocycles. The fraction of sp³-hybridized carbons (Fsp3) is 0. The van der Waals surface area contributed by atoms with Crippen molar-refractivity contribution in [3.63, 3.8) is 0 Å². The van der Waals surface area contributed by atoms with E-state index in [0.717, 1.165) is 0 Å². The smallest absolute Gasteiger partial charge is 0.409 e. The molecule has 2 aromatic carbocycles. The van der Waals surface area contributed by atoms with Crippen LogP contribution in [0.1, 0.15) is 0 Å². The molecule has 2 N–H and O–H groups in total. The number of carbonyl (C=O) groups is 1. The largest absolute Gasteiger partial charge is 0.439 e. The molecule has 5 nitrogen and oxygen atoms in total. The minimum atomic E-state index is -0.867. The van der Waals surface area contributed by atoms with Gasteiger partial charge in [-0.15, -0.1) is 0 Å². The quantitative estimate of drug-likeness (QED) is 0.790. The van der Waals surface area contributed by atoms with Gasteiger partial charge in [-0.1, -0.05) is 36.4 Å². The minimum absolute atomic E-state index is 0.351. The molecule has 5 heteroatoms. The van der Waals surface area contributed by atoms with Gasteiger partial charge >= 0.3 is 6.09 Å². The van der Waals surface area contributed by atoms with Crippen LogP contribution < -0.4 is 15.2 Å². The molecule has 0 aliphatic carbocycles. The third-order valence-corrected chi connectivity index (χ3v) is 3.06. The second kappa shape index (κ2) is 6.62. The third-order valence-electron chi connectivity index (χ3n) is 3.06. The van der Waals surface area contributed by atoms with Crippen molar-refractivity contribution >= 4 is 6.09 Å². The standard InChI is InChI=1S/C18H14N2O3/c19-18(21)23-16-11-5-4-9-14(16)15-10-6-12-17(20-15)22-13-7-2-1-3-8-13/h1-12H,(H2,19,21). The van der Waals surface area contributed by atoms with Gasteiger partial charge in [-0.2, -0.15) is 0 Å². The number of amides is 1. The zero-order valence-corrected chi connectivity index (χ0v) is 12.2. The van der Waals surface area contributed by atoms with Crippen LogP contribution in [-0.2, 0) is 0 Å². The Morgan fingerprint density at radius 3 is 2.39 bits per heavy atom. The number of aromatic nitrogens is 1. The van der Waals surface area contributed by atoms with Gasteiger partial charge in [0, 0.05) is 11.6 Å². The van der Waals surface area contributed by atoms with Crippen molar-refractivity contribution in [1.29, 1.82) is 0 Å². The van der Waals surface area contributed by atoms with E-state index in [2.05, 4.69) is 4.98 Å². The fourth-order valence-electron chi connectivity index (χ4n) is 2.11. The number of para-hydroxylation sites is 2.